The molecule has 41 heavy (non-hydrogen) atoms. The molecule has 0 radical (unpaired) electrons. The fourth-order valence-corrected chi connectivity index (χ4v) is 5.40. The highest BCUT2D eigenvalue weighted by molar-refractivity contribution is 7.90. The first kappa shape index (κ1) is 29.9. The molecule has 0 unspecified atom stereocenters. The molecule has 3 aromatic carbocycles. The van der Waals surface area contributed by atoms with E-state index in [2.05, 4.69) is 15.0 Å². The number of carbonyl (C=O) groups excluding carboxylic acids is 2. The molecule has 0 fully saturated rings. The molecular formula is C31H32ClN3O5S. The Morgan fingerprint density at radius 3 is 2.41 bits per heavy atom. The van der Waals surface area contributed by atoms with Gasteiger partial charge in [-0.25, -0.2) is 13.1 Å². The van der Waals surface area contributed by atoms with Gasteiger partial charge in [-0.15, -0.1) is 0 Å². The third-order valence-corrected chi connectivity index (χ3v) is 8.27. The van der Waals surface area contributed by atoms with Gasteiger partial charge in [0, 0.05) is 28.5 Å². The zero-order chi connectivity index (χ0) is 29.4. The second kappa shape index (κ2) is 13.5. The Morgan fingerprint density at radius 1 is 1.00 bits per heavy atom. The number of ether oxygens (including phenoxy) is 1. The third-order valence-electron chi connectivity index (χ3n) is 6.44. The predicted molar refractivity (Wildman–Crippen MR) is 163 cm³/mol. The van der Waals surface area contributed by atoms with Crippen molar-refractivity contribution in [3.8, 4) is 5.75 Å². The molecule has 8 nitrogen and oxygen atoms in total. The van der Waals surface area contributed by atoms with E-state index in [9.17, 15) is 18.0 Å². The zero-order valence-corrected chi connectivity index (χ0v) is 24.4. The number of benzene rings is 3. The number of aryl methyl sites for hydroxylation is 3. The first-order chi connectivity index (χ1) is 19.6. The van der Waals surface area contributed by atoms with E-state index in [1.165, 1.54) is 6.08 Å². The molecule has 4 rings (SSSR count). The molecule has 214 valence electrons. The average molecular weight is 594 g/mol. The minimum absolute atomic E-state index is 0.152. The monoisotopic (exact) mass is 593 g/mol. The van der Waals surface area contributed by atoms with Crippen molar-refractivity contribution in [2.75, 3.05) is 18.9 Å². The van der Waals surface area contributed by atoms with Crippen molar-refractivity contribution in [1.82, 2.24) is 15.0 Å². The van der Waals surface area contributed by atoms with Crippen LogP contribution in [0.1, 0.15) is 39.2 Å². The number of para-hydroxylation sites is 1. The van der Waals surface area contributed by atoms with E-state index in [1.807, 2.05) is 80.6 Å². The maximum Gasteiger partial charge on any atom is 0.281 e. The summed E-state index contributed by atoms with van der Waals surface area (Å²) in [6.45, 7) is 4.09. The molecule has 0 aliphatic heterocycles. The smallest absolute Gasteiger partial charge is 0.281 e. The SMILES string of the molecule is Cc1cc(OCCCc2c(C(=O)NS(=O)(=O)CCNC(=O)/C=C/c3ccccc3)[nH]c3ccccc23)cc(C)c1Cl. The number of amides is 2. The van der Waals surface area contributed by atoms with Crippen molar-refractivity contribution >= 4 is 50.4 Å². The zero-order valence-electron chi connectivity index (χ0n) is 22.9. The molecular weight excluding hydrogens is 562 g/mol. The summed E-state index contributed by atoms with van der Waals surface area (Å²) in [5, 5.41) is 4.08. The van der Waals surface area contributed by atoms with Gasteiger partial charge >= 0.3 is 0 Å². The number of H-pyrrole nitrogens is 1. The molecule has 2 amide bonds. The molecule has 0 atom stereocenters. The first-order valence-corrected chi connectivity index (χ1v) is 15.2. The number of rotatable bonds is 12. The van der Waals surface area contributed by atoms with Gasteiger partial charge in [0.1, 0.15) is 11.4 Å². The van der Waals surface area contributed by atoms with Crippen LogP contribution in [0.3, 0.4) is 0 Å². The van der Waals surface area contributed by atoms with Gasteiger partial charge in [-0.1, -0.05) is 60.1 Å². The molecule has 0 aliphatic rings. The van der Waals surface area contributed by atoms with Crippen LogP contribution in [-0.2, 0) is 21.2 Å². The highest BCUT2D eigenvalue weighted by Gasteiger charge is 2.22. The van der Waals surface area contributed by atoms with Gasteiger partial charge in [-0.2, -0.15) is 0 Å². The van der Waals surface area contributed by atoms with Crippen LogP contribution >= 0.6 is 11.6 Å². The van der Waals surface area contributed by atoms with E-state index in [0.29, 0.717) is 30.0 Å². The summed E-state index contributed by atoms with van der Waals surface area (Å²) in [5.41, 5.74) is 4.33. The molecule has 10 heteroatoms. The van der Waals surface area contributed by atoms with Crippen molar-refractivity contribution in [2.24, 2.45) is 0 Å². The van der Waals surface area contributed by atoms with Gasteiger partial charge in [-0.05, 0) is 73.2 Å². The third kappa shape index (κ3) is 8.22. The van der Waals surface area contributed by atoms with Gasteiger partial charge in [0.15, 0.2) is 0 Å². The fraction of sp³-hybridized carbons (Fsp3) is 0.226. The Labute approximate surface area is 244 Å². The lowest BCUT2D eigenvalue weighted by atomic mass is 10.1. The van der Waals surface area contributed by atoms with Crippen molar-refractivity contribution in [2.45, 2.75) is 26.7 Å². The summed E-state index contributed by atoms with van der Waals surface area (Å²) in [6, 6.07) is 20.4. The lowest BCUT2D eigenvalue weighted by Crippen LogP contribution is -2.37. The summed E-state index contributed by atoms with van der Waals surface area (Å²) < 4.78 is 33.4. The predicted octanol–water partition coefficient (Wildman–Crippen LogP) is 5.34. The number of halogens is 1. The standard InChI is InChI=1S/C31H32ClN3O5S/c1-21-19-24(20-22(2)29(21)32)40-17-8-12-26-25-11-6-7-13-27(25)34-30(26)31(37)35-41(38,39)18-16-33-28(36)15-14-23-9-4-3-5-10-23/h3-7,9-11,13-15,19-20,34H,8,12,16-18H2,1-2H3,(H,33,36)(H,35,37)/b15-14+. The van der Waals surface area contributed by atoms with Crippen LogP contribution < -0.4 is 14.8 Å². The van der Waals surface area contributed by atoms with Crippen LogP contribution in [-0.4, -0.2) is 44.1 Å². The van der Waals surface area contributed by atoms with Crippen molar-refractivity contribution < 1.29 is 22.7 Å². The number of hydrogen-bond acceptors (Lipinski definition) is 5. The molecule has 3 N–H and O–H groups in total. The van der Waals surface area contributed by atoms with Crippen LogP contribution in [0.2, 0.25) is 5.02 Å². The number of hydrogen-bond donors (Lipinski definition) is 3. The van der Waals surface area contributed by atoms with E-state index in [0.717, 1.165) is 33.3 Å². The number of aromatic nitrogens is 1. The Kier molecular flexibility index (Phi) is 9.86. The lowest BCUT2D eigenvalue weighted by Gasteiger charge is -2.11. The van der Waals surface area contributed by atoms with Crippen LogP contribution in [0.4, 0.5) is 0 Å². The highest BCUT2D eigenvalue weighted by atomic mass is 35.5. The van der Waals surface area contributed by atoms with Gasteiger partial charge in [0.2, 0.25) is 15.9 Å². The molecule has 0 aliphatic carbocycles. The van der Waals surface area contributed by atoms with E-state index < -0.39 is 27.6 Å². The normalized spacial score (nSPS) is 11.6. The van der Waals surface area contributed by atoms with Crippen LogP contribution in [0, 0.1) is 13.8 Å². The van der Waals surface area contributed by atoms with Crippen LogP contribution in [0.15, 0.2) is 72.8 Å². The maximum absolute atomic E-state index is 13.1. The average Bonchev–Trinajstić information content (AvgIpc) is 3.32. The molecule has 0 saturated heterocycles. The van der Waals surface area contributed by atoms with E-state index >= 15 is 0 Å². The second-order valence-corrected chi connectivity index (χ2v) is 11.9. The number of aromatic amines is 1. The molecule has 0 bridgehead atoms. The van der Waals surface area contributed by atoms with Gasteiger partial charge in [-0.3, -0.25) is 9.59 Å². The topological polar surface area (TPSA) is 117 Å². The van der Waals surface area contributed by atoms with Crippen LogP contribution in [0.5, 0.6) is 5.75 Å². The summed E-state index contributed by atoms with van der Waals surface area (Å²) >= 11 is 6.24. The second-order valence-electron chi connectivity index (χ2n) is 9.63. The van der Waals surface area contributed by atoms with E-state index in [4.69, 9.17) is 16.3 Å². The molecule has 1 heterocycles. The minimum Gasteiger partial charge on any atom is -0.494 e. The molecule has 1 aromatic heterocycles. The number of carbonyl (C=O) groups is 2. The summed E-state index contributed by atoms with van der Waals surface area (Å²) in [4.78, 5) is 28.2. The summed E-state index contributed by atoms with van der Waals surface area (Å²) in [5.74, 6) is -0.918. The highest BCUT2D eigenvalue weighted by Crippen LogP contribution is 2.27. The minimum atomic E-state index is -4.01. The quantitative estimate of drug-likeness (QED) is 0.151. The lowest BCUT2D eigenvalue weighted by molar-refractivity contribution is -0.116. The maximum atomic E-state index is 13.1. The van der Waals surface area contributed by atoms with Crippen molar-refractivity contribution in [3.63, 3.8) is 0 Å². The molecule has 0 spiro atoms. The van der Waals surface area contributed by atoms with Gasteiger partial charge < -0.3 is 15.0 Å². The van der Waals surface area contributed by atoms with Crippen molar-refractivity contribution in [3.05, 3.63) is 106 Å². The molecule has 4 aromatic rings. The van der Waals surface area contributed by atoms with Crippen molar-refractivity contribution in [1.29, 1.82) is 0 Å². The first-order valence-electron chi connectivity index (χ1n) is 13.2. The van der Waals surface area contributed by atoms with Gasteiger partial charge in [0.25, 0.3) is 5.91 Å². The Hall–Kier alpha value is -4.08. The number of sulfonamides is 1. The van der Waals surface area contributed by atoms with E-state index in [1.54, 1.807) is 6.08 Å². The fourth-order valence-electron chi connectivity index (χ4n) is 4.43. The summed E-state index contributed by atoms with van der Waals surface area (Å²) in [6.07, 6.45) is 4.04. The Balaban J connectivity index is 1.35. The van der Waals surface area contributed by atoms with E-state index in [-0.39, 0.29) is 12.2 Å². The number of fused-ring (bicyclic) bond motifs is 1. The molecule has 0 saturated carbocycles. The van der Waals surface area contributed by atoms with Gasteiger partial charge in [0.05, 0.1) is 12.4 Å². The Morgan fingerprint density at radius 2 is 1.68 bits per heavy atom. The Bertz CT molecular complexity index is 1660. The van der Waals surface area contributed by atoms with Crippen LogP contribution in [0.25, 0.3) is 17.0 Å². The number of nitrogens with one attached hydrogen (secondary N) is 3. The summed E-state index contributed by atoms with van der Waals surface area (Å²) in [7, 11) is -4.01. The largest absolute Gasteiger partial charge is 0.494 e.